The Morgan fingerprint density at radius 2 is 1.72 bits per heavy atom. The number of rotatable bonds is 7. The van der Waals surface area contributed by atoms with Crippen molar-refractivity contribution >= 4 is 10.0 Å². The molecular weight excluding hydrogens is 400 g/mol. The molecule has 0 spiro atoms. The van der Waals surface area contributed by atoms with Crippen LogP contribution in [0.2, 0.25) is 0 Å². The molecule has 1 heterocycles. The standard InChI is InChI=1S/C20H21F2N3O3S/c21-17-4-7-20(19(22)14-17)29(26,27)25-11-9-24(10-12-25)8-1-13-28-18-5-2-16(15-23)3-6-18/h2-7,14H,1,8-13H2. The average molecular weight is 421 g/mol. The molecule has 0 N–H and O–H groups in total. The van der Waals surface area contributed by atoms with E-state index in [0.717, 1.165) is 25.1 Å². The fourth-order valence-electron chi connectivity index (χ4n) is 3.12. The van der Waals surface area contributed by atoms with Gasteiger partial charge in [0.1, 0.15) is 22.3 Å². The first-order chi connectivity index (χ1) is 13.9. The van der Waals surface area contributed by atoms with E-state index >= 15 is 0 Å². The highest BCUT2D eigenvalue weighted by atomic mass is 32.2. The molecule has 0 unspecified atom stereocenters. The van der Waals surface area contributed by atoms with Gasteiger partial charge in [0.15, 0.2) is 0 Å². The molecule has 2 aromatic carbocycles. The molecule has 1 saturated heterocycles. The minimum Gasteiger partial charge on any atom is -0.494 e. The molecule has 0 aliphatic carbocycles. The van der Waals surface area contributed by atoms with Gasteiger partial charge in [0.05, 0.1) is 18.2 Å². The van der Waals surface area contributed by atoms with Crippen LogP contribution in [0.1, 0.15) is 12.0 Å². The molecule has 0 saturated carbocycles. The zero-order valence-corrected chi connectivity index (χ0v) is 16.5. The van der Waals surface area contributed by atoms with Gasteiger partial charge in [0.2, 0.25) is 10.0 Å². The number of ether oxygens (including phenoxy) is 1. The Hall–Kier alpha value is -2.54. The molecule has 0 amide bonds. The van der Waals surface area contributed by atoms with E-state index in [1.54, 1.807) is 24.3 Å². The van der Waals surface area contributed by atoms with Gasteiger partial charge in [-0.3, -0.25) is 0 Å². The highest BCUT2D eigenvalue weighted by Gasteiger charge is 2.30. The quantitative estimate of drug-likeness (QED) is 0.643. The second kappa shape index (κ2) is 9.31. The van der Waals surface area contributed by atoms with E-state index in [4.69, 9.17) is 10.00 Å². The van der Waals surface area contributed by atoms with Crippen molar-refractivity contribution in [2.75, 3.05) is 39.3 Å². The Kier molecular flexibility index (Phi) is 6.79. The normalized spacial score (nSPS) is 15.8. The maximum atomic E-state index is 13.9. The summed E-state index contributed by atoms with van der Waals surface area (Å²) >= 11 is 0. The summed E-state index contributed by atoms with van der Waals surface area (Å²) in [7, 11) is -3.98. The lowest BCUT2D eigenvalue weighted by molar-refractivity contribution is 0.174. The lowest BCUT2D eigenvalue weighted by Crippen LogP contribution is -2.49. The molecule has 1 fully saturated rings. The largest absolute Gasteiger partial charge is 0.494 e. The van der Waals surface area contributed by atoms with E-state index in [9.17, 15) is 17.2 Å². The smallest absolute Gasteiger partial charge is 0.246 e. The van der Waals surface area contributed by atoms with Crippen LogP contribution in [0, 0.1) is 23.0 Å². The average Bonchev–Trinajstić information content (AvgIpc) is 2.72. The zero-order chi connectivity index (χ0) is 20.9. The summed E-state index contributed by atoms with van der Waals surface area (Å²) in [5.74, 6) is -1.19. The van der Waals surface area contributed by atoms with Crippen LogP contribution in [0.4, 0.5) is 8.78 Å². The summed E-state index contributed by atoms with van der Waals surface area (Å²) in [5, 5.41) is 8.77. The third-order valence-electron chi connectivity index (χ3n) is 4.71. The van der Waals surface area contributed by atoms with Gasteiger partial charge < -0.3 is 9.64 Å². The second-order valence-electron chi connectivity index (χ2n) is 6.66. The second-order valence-corrected chi connectivity index (χ2v) is 8.57. The van der Waals surface area contributed by atoms with Crippen LogP contribution >= 0.6 is 0 Å². The summed E-state index contributed by atoms with van der Waals surface area (Å²) in [6.45, 7) is 2.79. The number of hydrogen-bond acceptors (Lipinski definition) is 5. The Labute approximate surface area is 169 Å². The predicted molar refractivity (Wildman–Crippen MR) is 103 cm³/mol. The molecule has 3 rings (SSSR count). The Morgan fingerprint density at radius 3 is 2.34 bits per heavy atom. The Morgan fingerprint density at radius 1 is 1.03 bits per heavy atom. The van der Waals surface area contributed by atoms with Crippen molar-refractivity contribution in [2.24, 2.45) is 0 Å². The number of halogens is 2. The SMILES string of the molecule is N#Cc1ccc(OCCCN2CCN(S(=O)(=O)c3ccc(F)cc3F)CC2)cc1. The van der Waals surface area contributed by atoms with Crippen LogP contribution in [-0.4, -0.2) is 57.0 Å². The van der Waals surface area contributed by atoms with Gasteiger partial charge >= 0.3 is 0 Å². The van der Waals surface area contributed by atoms with Crippen molar-refractivity contribution in [3.63, 3.8) is 0 Å². The summed E-state index contributed by atoms with van der Waals surface area (Å²) in [4.78, 5) is 1.62. The third kappa shape index (κ3) is 5.29. The first-order valence-electron chi connectivity index (χ1n) is 9.20. The summed E-state index contributed by atoms with van der Waals surface area (Å²) in [5.41, 5.74) is 0.575. The van der Waals surface area contributed by atoms with Crippen LogP contribution in [-0.2, 0) is 10.0 Å². The van der Waals surface area contributed by atoms with Gasteiger partial charge in [0.25, 0.3) is 0 Å². The van der Waals surface area contributed by atoms with Gasteiger partial charge in [-0.1, -0.05) is 0 Å². The first-order valence-corrected chi connectivity index (χ1v) is 10.6. The summed E-state index contributed by atoms with van der Waals surface area (Å²) < 4.78 is 59.0. The van der Waals surface area contributed by atoms with Crippen LogP contribution in [0.5, 0.6) is 5.75 Å². The molecular formula is C20H21F2N3O3S. The van der Waals surface area contributed by atoms with Crippen LogP contribution in [0.3, 0.4) is 0 Å². The molecule has 9 heteroatoms. The summed E-state index contributed by atoms with van der Waals surface area (Å²) in [6, 6.07) is 11.4. The number of nitrogens with zero attached hydrogens (tertiary/aromatic N) is 3. The first kappa shape index (κ1) is 21.2. The van der Waals surface area contributed by atoms with Gasteiger partial charge in [-0.05, 0) is 42.8 Å². The molecule has 0 bridgehead atoms. The minimum absolute atomic E-state index is 0.246. The molecule has 1 aliphatic rings. The van der Waals surface area contributed by atoms with Crippen molar-refractivity contribution in [1.82, 2.24) is 9.21 Å². The van der Waals surface area contributed by atoms with Gasteiger partial charge in [-0.2, -0.15) is 9.57 Å². The molecule has 1 aliphatic heterocycles. The van der Waals surface area contributed by atoms with Crippen LogP contribution < -0.4 is 4.74 Å². The predicted octanol–water partition coefficient (Wildman–Crippen LogP) is 2.61. The fraction of sp³-hybridized carbons (Fsp3) is 0.350. The molecule has 0 atom stereocenters. The lowest BCUT2D eigenvalue weighted by atomic mass is 10.2. The molecule has 29 heavy (non-hydrogen) atoms. The molecule has 154 valence electrons. The third-order valence-corrected chi connectivity index (χ3v) is 6.65. The van der Waals surface area contributed by atoms with Crippen molar-refractivity contribution in [2.45, 2.75) is 11.3 Å². The topological polar surface area (TPSA) is 73.6 Å². The molecule has 6 nitrogen and oxygen atoms in total. The Balaban J connectivity index is 1.44. The van der Waals surface area contributed by atoms with Gasteiger partial charge in [-0.15, -0.1) is 0 Å². The van der Waals surface area contributed by atoms with E-state index < -0.39 is 26.6 Å². The zero-order valence-electron chi connectivity index (χ0n) is 15.7. The van der Waals surface area contributed by atoms with Crippen molar-refractivity contribution in [3.8, 4) is 11.8 Å². The van der Waals surface area contributed by atoms with E-state index in [0.29, 0.717) is 37.1 Å². The monoisotopic (exact) mass is 421 g/mol. The number of benzene rings is 2. The number of sulfonamides is 1. The maximum absolute atomic E-state index is 13.9. The fourth-order valence-corrected chi connectivity index (χ4v) is 4.59. The van der Waals surface area contributed by atoms with E-state index in [2.05, 4.69) is 4.90 Å². The maximum Gasteiger partial charge on any atom is 0.246 e. The highest BCUT2D eigenvalue weighted by Crippen LogP contribution is 2.21. The molecule has 0 radical (unpaired) electrons. The van der Waals surface area contributed by atoms with Crippen LogP contribution in [0.25, 0.3) is 0 Å². The summed E-state index contributed by atoms with van der Waals surface area (Å²) in [6.07, 6.45) is 0.763. The number of piperazine rings is 1. The molecule has 2 aromatic rings. The van der Waals surface area contributed by atoms with Gasteiger partial charge in [0, 0.05) is 38.8 Å². The molecule has 0 aromatic heterocycles. The lowest BCUT2D eigenvalue weighted by Gasteiger charge is -2.34. The van der Waals surface area contributed by atoms with E-state index in [1.807, 2.05) is 6.07 Å². The highest BCUT2D eigenvalue weighted by molar-refractivity contribution is 7.89. The van der Waals surface area contributed by atoms with E-state index in [1.165, 1.54) is 4.31 Å². The van der Waals surface area contributed by atoms with Crippen molar-refractivity contribution in [3.05, 3.63) is 59.7 Å². The van der Waals surface area contributed by atoms with Crippen molar-refractivity contribution in [1.29, 1.82) is 5.26 Å². The Bertz CT molecular complexity index is 983. The van der Waals surface area contributed by atoms with Crippen molar-refractivity contribution < 1.29 is 21.9 Å². The number of nitriles is 1. The minimum atomic E-state index is -3.98. The van der Waals surface area contributed by atoms with Gasteiger partial charge in [-0.25, -0.2) is 17.2 Å². The van der Waals surface area contributed by atoms with Crippen LogP contribution in [0.15, 0.2) is 47.4 Å². The number of hydrogen-bond donors (Lipinski definition) is 0. The van der Waals surface area contributed by atoms with E-state index in [-0.39, 0.29) is 13.1 Å².